The van der Waals surface area contributed by atoms with Crippen LogP contribution in [-0.4, -0.2) is 24.5 Å². The molecule has 0 saturated heterocycles. The van der Waals surface area contributed by atoms with Crippen LogP contribution in [0.3, 0.4) is 0 Å². The standard InChI is InChI=1S/C23H49N/c1-5-9-11-13-14-16-18-21-24(20-17-15-12-10-6-2)22-19-23(7-3)8-4/h23H,5-22H2,1-4H3. The van der Waals surface area contributed by atoms with Crippen molar-refractivity contribution in [3.8, 4) is 0 Å². The Balaban J connectivity index is 3.89. The van der Waals surface area contributed by atoms with Crippen LogP contribution in [0.15, 0.2) is 0 Å². The van der Waals surface area contributed by atoms with Gasteiger partial charge in [0, 0.05) is 0 Å². The molecule has 1 nitrogen and oxygen atoms in total. The smallest absolute Gasteiger partial charge is 0.00161 e. The molecular formula is C23H49N. The summed E-state index contributed by atoms with van der Waals surface area (Å²) < 4.78 is 0. The molecule has 0 aliphatic carbocycles. The maximum Gasteiger partial charge on any atom is -0.00161 e. The summed E-state index contributed by atoms with van der Waals surface area (Å²) >= 11 is 0. The Bertz CT molecular complexity index is 222. The zero-order valence-electron chi connectivity index (χ0n) is 17.8. The number of hydrogen-bond donors (Lipinski definition) is 0. The lowest BCUT2D eigenvalue weighted by Crippen LogP contribution is -2.28. The normalized spacial score (nSPS) is 11.8. The van der Waals surface area contributed by atoms with Crippen molar-refractivity contribution in [3.05, 3.63) is 0 Å². The van der Waals surface area contributed by atoms with E-state index in [9.17, 15) is 0 Å². The fourth-order valence-electron chi connectivity index (χ4n) is 3.63. The van der Waals surface area contributed by atoms with Crippen LogP contribution in [0.5, 0.6) is 0 Å². The van der Waals surface area contributed by atoms with E-state index >= 15 is 0 Å². The Kier molecular flexibility index (Phi) is 19.3. The third-order valence-electron chi connectivity index (χ3n) is 5.66. The van der Waals surface area contributed by atoms with E-state index in [1.807, 2.05) is 0 Å². The van der Waals surface area contributed by atoms with Crippen LogP contribution in [-0.2, 0) is 0 Å². The van der Waals surface area contributed by atoms with Crippen molar-refractivity contribution < 1.29 is 0 Å². The predicted molar refractivity (Wildman–Crippen MR) is 112 cm³/mol. The summed E-state index contributed by atoms with van der Waals surface area (Å²) in [6.07, 6.45) is 21.2. The molecule has 146 valence electrons. The highest BCUT2D eigenvalue weighted by Gasteiger charge is 2.09. The molecule has 0 bridgehead atoms. The largest absolute Gasteiger partial charge is 0.303 e. The summed E-state index contributed by atoms with van der Waals surface area (Å²) in [6.45, 7) is 13.4. The SMILES string of the molecule is CCCCCCCCCN(CCCCCCC)CCC(CC)CC. The Morgan fingerprint density at radius 3 is 1.33 bits per heavy atom. The average Bonchev–Trinajstić information content (AvgIpc) is 2.60. The third-order valence-corrected chi connectivity index (χ3v) is 5.66. The maximum atomic E-state index is 2.79. The van der Waals surface area contributed by atoms with Gasteiger partial charge in [-0.05, 0) is 44.8 Å². The summed E-state index contributed by atoms with van der Waals surface area (Å²) in [5.74, 6) is 0.946. The van der Waals surface area contributed by atoms with Gasteiger partial charge in [-0.1, -0.05) is 105 Å². The quantitative estimate of drug-likeness (QED) is 0.217. The lowest BCUT2D eigenvalue weighted by atomic mass is 9.99. The lowest BCUT2D eigenvalue weighted by molar-refractivity contribution is 0.237. The molecule has 0 atom stereocenters. The number of hydrogen-bond acceptors (Lipinski definition) is 1. The molecule has 1 heteroatoms. The summed E-state index contributed by atoms with van der Waals surface area (Å²) in [4.78, 5) is 2.79. The fraction of sp³-hybridized carbons (Fsp3) is 1.00. The van der Waals surface area contributed by atoms with Crippen molar-refractivity contribution in [1.82, 2.24) is 4.90 Å². The predicted octanol–water partition coefficient (Wildman–Crippen LogP) is 7.84. The molecular weight excluding hydrogens is 290 g/mol. The summed E-state index contributed by atoms with van der Waals surface area (Å²) in [7, 11) is 0. The van der Waals surface area contributed by atoms with Gasteiger partial charge in [-0.2, -0.15) is 0 Å². The summed E-state index contributed by atoms with van der Waals surface area (Å²) in [5, 5.41) is 0. The van der Waals surface area contributed by atoms with Gasteiger partial charge in [0.25, 0.3) is 0 Å². The Morgan fingerprint density at radius 2 is 0.917 bits per heavy atom. The van der Waals surface area contributed by atoms with E-state index < -0.39 is 0 Å². The first-order valence-corrected chi connectivity index (χ1v) is 11.5. The van der Waals surface area contributed by atoms with Gasteiger partial charge in [-0.15, -0.1) is 0 Å². The van der Waals surface area contributed by atoms with E-state index in [-0.39, 0.29) is 0 Å². The Labute approximate surface area is 155 Å². The molecule has 0 aromatic carbocycles. The summed E-state index contributed by atoms with van der Waals surface area (Å²) in [5.41, 5.74) is 0. The van der Waals surface area contributed by atoms with E-state index in [1.165, 1.54) is 116 Å². The van der Waals surface area contributed by atoms with Crippen LogP contribution >= 0.6 is 0 Å². The van der Waals surface area contributed by atoms with Crippen LogP contribution in [0.2, 0.25) is 0 Å². The van der Waals surface area contributed by atoms with E-state index in [1.54, 1.807) is 0 Å². The summed E-state index contributed by atoms with van der Waals surface area (Å²) in [6, 6.07) is 0. The molecule has 0 radical (unpaired) electrons. The Morgan fingerprint density at radius 1 is 0.500 bits per heavy atom. The monoisotopic (exact) mass is 339 g/mol. The highest BCUT2D eigenvalue weighted by molar-refractivity contribution is 4.63. The van der Waals surface area contributed by atoms with E-state index in [0.717, 1.165) is 5.92 Å². The first-order chi connectivity index (χ1) is 11.8. The molecule has 0 rings (SSSR count). The minimum Gasteiger partial charge on any atom is -0.303 e. The molecule has 0 saturated carbocycles. The van der Waals surface area contributed by atoms with Crippen LogP contribution in [0.4, 0.5) is 0 Å². The van der Waals surface area contributed by atoms with Crippen molar-refractivity contribution in [2.45, 2.75) is 124 Å². The minimum atomic E-state index is 0.946. The van der Waals surface area contributed by atoms with Gasteiger partial charge in [0.15, 0.2) is 0 Å². The van der Waals surface area contributed by atoms with Gasteiger partial charge in [-0.3, -0.25) is 0 Å². The third kappa shape index (κ3) is 15.5. The number of rotatable bonds is 19. The van der Waals surface area contributed by atoms with Gasteiger partial charge in [0.2, 0.25) is 0 Å². The van der Waals surface area contributed by atoms with Crippen molar-refractivity contribution in [3.63, 3.8) is 0 Å². The zero-order chi connectivity index (χ0) is 17.9. The molecule has 24 heavy (non-hydrogen) atoms. The Hall–Kier alpha value is -0.0400. The van der Waals surface area contributed by atoms with E-state index in [4.69, 9.17) is 0 Å². The van der Waals surface area contributed by atoms with Crippen molar-refractivity contribution >= 4 is 0 Å². The molecule has 0 N–H and O–H groups in total. The lowest BCUT2D eigenvalue weighted by Gasteiger charge is -2.24. The van der Waals surface area contributed by atoms with Crippen molar-refractivity contribution in [2.24, 2.45) is 5.92 Å². The molecule has 0 unspecified atom stereocenters. The molecule has 0 aliphatic heterocycles. The van der Waals surface area contributed by atoms with Crippen LogP contribution in [0.1, 0.15) is 124 Å². The zero-order valence-corrected chi connectivity index (χ0v) is 17.8. The molecule has 0 aromatic rings. The topological polar surface area (TPSA) is 3.24 Å². The number of nitrogens with zero attached hydrogens (tertiary/aromatic N) is 1. The average molecular weight is 340 g/mol. The minimum absolute atomic E-state index is 0.946. The number of unbranched alkanes of at least 4 members (excludes halogenated alkanes) is 10. The van der Waals surface area contributed by atoms with E-state index in [0.29, 0.717) is 0 Å². The van der Waals surface area contributed by atoms with Gasteiger partial charge in [0.1, 0.15) is 0 Å². The highest BCUT2D eigenvalue weighted by atomic mass is 15.1. The van der Waals surface area contributed by atoms with Crippen LogP contribution < -0.4 is 0 Å². The molecule has 0 spiro atoms. The van der Waals surface area contributed by atoms with Gasteiger partial charge in [0.05, 0.1) is 0 Å². The highest BCUT2D eigenvalue weighted by Crippen LogP contribution is 2.15. The first kappa shape index (κ1) is 24.0. The van der Waals surface area contributed by atoms with E-state index in [2.05, 4.69) is 32.6 Å². The van der Waals surface area contributed by atoms with Gasteiger partial charge < -0.3 is 4.90 Å². The van der Waals surface area contributed by atoms with Crippen molar-refractivity contribution in [1.29, 1.82) is 0 Å². The molecule has 0 fully saturated rings. The fourth-order valence-corrected chi connectivity index (χ4v) is 3.63. The maximum absolute atomic E-state index is 2.79. The second kappa shape index (κ2) is 19.3. The molecule has 0 heterocycles. The molecule has 0 aliphatic rings. The second-order valence-electron chi connectivity index (χ2n) is 7.85. The second-order valence-corrected chi connectivity index (χ2v) is 7.85. The van der Waals surface area contributed by atoms with Gasteiger partial charge in [-0.25, -0.2) is 0 Å². The van der Waals surface area contributed by atoms with Crippen LogP contribution in [0.25, 0.3) is 0 Å². The first-order valence-electron chi connectivity index (χ1n) is 11.5. The molecule has 0 amide bonds. The molecule has 0 aromatic heterocycles. The van der Waals surface area contributed by atoms with Crippen molar-refractivity contribution in [2.75, 3.05) is 19.6 Å². The van der Waals surface area contributed by atoms with Crippen LogP contribution in [0, 0.1) is 5.92 Å². The van der Waals surface area contributed by atoms with Gasteiger partial charge >= 0.3 is 0 Å².